The van der Waals surface area contributed by atoms with Crippen molar-refractivity contribution < 1.29 is 19.4 Å². The van der Waals surface area contributed by atoms with Crippen molar-refractivity contribution in [1.29, 1.82) is 0 Å². The summed E-state index contributed by atoms with van der Waals surface area (Å²) in [5.74, 6) is -1.07. The topological polar surface area (TPSA) is 63.6 Å². The van der Waals surface area contributed by atoms with Gasteiger partial charge in [-0.15, -0.1) is 11.3 Å². The molecule has 0 fully saturated rings. The Labute approximate surface area is 143 Å². The average molecular weight is 340 g/mol. The number of ether oxygens (including phenoxy) is 1. The summed E-state index contributed by atoms with van der Waals surface area (Å²) in [4.78, 5) is 24.3. The van der Waals surface area contributed by atoms with Crippen molar-refractivity contribution in [3.05, 3.63) is 82.1 Å². The summed E-state index contributed by atoms with van der Waals surface area (Å²) in [5, 5.41) is 10.8. The first-order valence-corrected chi connectivity index (χ1v) is 8.37. The molecule has 2 aromatic rings. The molecule has 1 aromatic heterocycles. The number of carbonyl (C=O) groups excluding carboxylic acids is 1. The highest BCUT2D eigenvalue weighted by molar-refractivity contribution is 7.10. The molecule has 0 aliphatic heterocycles. The number of carboxylic acid groups (broad SMARTS) is 1. The predicted molar refractivity (Wildman–Crippen MR) is 92.2 cm³/mol. The SMILES string of the molecule is O=C(O)COC1(c2cccs2)C=CC(C(=O)c2ccccc2)=CC1. The first-order chi connectivity index (χ1) is 11.6. The number of ketones is 1. The first kappa shape index (κ1) is 16.4. The van der Waals surface area contributed by atoms with E-state index in [1.165, 1.54) is 11.3 Å². The number of hydrogen-bond acceptors (Lipinski definition) is 4. The molecule has 0 radical (unpaired) electrons. The maximum atomic E-state index is 12.5. The van der Waals surface area contributed by atoms with Gasteiger partial charge in [-0.1, -0.05) is 48.6 Å². The Bertz CT molecular complexity index is 790. The number of carbonyl (C=O) groups is 2. The third-order valence-electron chi connectivity index (χ3n) is 3.85. The van der Waals surface area contributed by atoms with Gasteiger partial charge in [-0.25, -0.2) is 4.79 Å². The fourth-order valence-corrected chi connectivity index (χ4v) is 3.49. The summed E-state index contributed by atoms with van der Waals surface area (Å²) in [5.41, 5.74) is 0.392. The van der Waals surface area contributed by atoms with Crippen molar-refractivity contribution in [2.45, 2.75) is 12.0 Å². The van der Waals surface area contributed by atoms with E-state index in [0.717, 1.165) is 4.88 Å². The Balaban J connectivity index is 1.84. The minimum absolute atomic E-state index is 0.0511. The second-order valence-electron chi connectivity index (χ2n) is 5.44. The van der Waals surface area contributed by atoms with Gasteiger partial charge in [0.1, 0.15) is 12.2 Å². The van der Waals surface area contributed by atoms with Crippen LogP contribution in [0.2, 0.25) is 0 Å². The molecule has 1 aliphatic carbocycles. The Morgan fingerprint density at radius 3 is 2.54 bits per heavy atom. The molecule has 0 amide bonds. The Kier molecular flexibility index (Phi) is 4.74. The van der Waals surface area contributed by atoms with Crippen LogP contribution in [0.5, 0.6) is 0 Å². The van der Waals surface area contributed by atoms with Crippen molar-refractivity contribution in [2.24, 2.45) is 0 Å². The smallest absolute Gasteiger partial charge is 0.329 e. The lowest BCUT2D eigenvalue weighted by Gasteiger charge is -2.31. The van der Waals surface area contributed by atoms with E-state index in [0.29, 0.717) is 17.6 Å². The van der Waals surface area contributed by atoms with E-state index in [2.05, 4.69) is 0 Å². The maximum Gasteiger partial charge on any atom is 0.329 e. The molecule has 0 saturated carbocycles. The number of Topliss-reactive ketones (excluding diaryl/α,β-unsaturated/α-hetero) is 1. The van der Waals surface area contributed by atoms with Gasteiger partial charge in [-0.3, -0.25) is 4.79 Å². The van der Waals surface area contributed by atoms with E-state index in [-0.39, 0.29) is 5.78 Å². The molecular formula is C19H16O4S. The van der Waals surface area contributed by atoms with Gasteiger partial charge in [0.15, 0.2) is 5.78 Å². The minimum atomic E-state index is -1.02. The monoisotopic (exact) mass is 340 g/mol. The molecule has 122 valence electrons. The molecular weight excluding hydrogens is 324 g/mol. The average Bonchev–Trinajstić information content (AvgIpc) is 3.16. The van der Waals surface area contributed by atoms with Crippen LogP contribution in [0.4, 0.5) is 0 Å². The number of thiophene rings is 1. The first-order valence-electron chi connectivity index (χ1n) is 7.50. The zero-order valence-electron chi connectivity index (χ0n) is 12.8. The molecule has 1 aliphatic rings. The van der Waals surface area contributed by atoms with Crippen LogP contribution in [0.15, 0.2) is 71.6 Å². The second-order valence-corrected chi connectivity index (χ2v) is 6.39. The molecule has 1 unspecified atom stereocenters. The molecule has 1 aromatic carbocycles. The van der Waals surface area contributed by atoms with Crippen LogP contribution in [0.25, 0.3) is 0 Å². The van der Waals surface area contributed by atoms with Gasteiger partial charge in [0.25, 0.3) is 0 Å². The highest BCUT2D eigenvalue weighted by atomic mass is 32.1. The lowest BCUT2D eigenvalue weighted by molar-refractivity contribution is -0.147. The number of hydrogen-bond donors (Lipinski definition) is 1. The van der Waals surface area contributed by atoms with E-state index >= 15 is 0 Å². The summed E-state index contributed by atoms with van der Waals surface area (Å²) in [7, 11) is 0. The van der Waals surface area contributed by atoms with Crippen LogP contribution in [-0.2, 0) is 15.1 Å². The Morgan fingerprint density at radius 2 is 1.96 bits per heavy atom. The van der Waals surface area contributed by atoms with Crippen molar-refractivity contribution in [2.75, 3.05) is 6.61 Å². The lowest BCUT2D eigenvalue weighted by Crippen LogP contribution is -2.30. The van der Waals surface area contributed by atoms with Crippen LogP contribution in [0.3, 0.4) is 0 Å². The van der Waals surface area contributed by atoms with Gasteiger partial charge in [0.2, 0.25) is 0 Å². The summed E-state index contributed by atoms with van der Waals surface area (Å²) in [6.45, 7) is -0.391. The summed E-state index contributed by atoms with van der Waals surface area (Å²) < 4.78 is 5.68. The van der Waals surface area contributed by atoms with Gasteiger partial charge in [-0.05, 0) is 17.5 Å². The summed E-state index contributed by atoms with van der Waals surface area (Å²) in [6, 6.07) is 12.9. The predicted octanol–water partition coefficient (Wildman–Crippen LogP) is 3.81. The van der Waals surface area contributed by atoms with Crippen molar-refractivity contribution in [3.8, 4) is 0 Å². The molecule has 0 saturated heterocycles. The van der Waals surface area contributed by atoms with Gasteiger partial charge < -0.3 is 9.84 Å². The zero-order valence-corrected chi connectivity index (χ0v) is 13.7. The molecule has 4 nitrogen and oxygen atoms in total. The molecule has 24 heavy (non-hydrogen) atoms. The van der Waals surface area contributed by atoms with Gasteiger partial charge in [0, 0.05) is 22.4 Å². The third kappa shape index (κ3) is 3.37. The van der Waals surface area contributed by atoms with Crippen LogP contribution in [-0.4, -0.2) is 23.5 Å². The van der Waals surface area contributed by atoms with E-state index in [4.69, 9.17) is 9.84 Å². The fraction of sp³-hybridized carbons (Fsp3) is 0.158. The largest absolute Gasteiger partial charge is 0.480 e. The normalized spacial score (nSPS) is 19.8. The third-order valence-corrected chi connectivity index (χ3v) is 4.88. The number of carboxylic acids is 1. The minimum Gasteiger partial charge on any atom is -0.480 e. The van der Waals surface area contributed by atoms with Crippen LogP contribution in [0, 0.1) is 0 Å². The number of aliphatic carboxylic acids is 1. The molecule has 1 N–H and O–H groups in total. The zero-order chi connectivity index (χ0) is 17.0. The summed E-state index contributed by atoms with van der Waals surface area (Å²) >= 11 is 1.50. The van der Waals surface area contributed by atoms with Crippen molar-refractivity contribution >= 4 is 23.1 Å². The van der Waals surface area contributed by atoms with E-state index in [9.17, 15) is 9.59 Å². The second kappa shape index (κ2) is 6.95. The van der Waals surface area contributed by atoms with Gasteiger partial charge >= 0.3 is 5.97 Å². The highest BCUT2D eigenvalue weighted by Gasteiger charge is 2.34. The molecule has 1 atom stereocenters. The van der Waals surface area contributed by atoms with Crippen LogP contribution < -0.4 is 0 Å². The van der Waals surface area contributed by atoms with Gasteiger partial charge in [-0.2, -0.15) is 0 Å². The molecule has 0 spiro atoms. The van der Waals surface area contributed by atoms with Crippen LogP contribution in [0.1, 0.15) is 21.7 Å². The van der Waals surface area contributed by atoms with Gasteiger partial charge in [0.05, 0.1) is 0 Å². The number of allylic oxidation sites excluding steroid dienone is 2. The lowest BCUT2D eigenvalue weighted by atomic mass is 9.88. The summed E-state index contributed by atoms with van der Waals surface area (Å²) in [6.07, 6.45) is 5.75. The Morgan fingerprint density at radius 1 is 1.17 bits per heavy atom. The maximum absolute atomic E-state index is 12.5. The molecule has 0 bridgehead atoms. The quantitative estimate of drug-likeness (QED) is 0.812. The standard InChI is InChI=1S/C19H16O4S/c20-17(21)13-23-19(16-7-4-12-24-16)10-8-15(9-11-19)18(22)14-5-2-1-3-6-14/h1-10,12H,11,13H2,(H,20,21). The number of benzene rings is 1. The molecule has 5 heteroatoms. The van der Waals surface area contributed by atoms with E-state index in [1.54, 1.807) is 24.3 Å². The van der Waals surface area contributed by atoms with Crippen molar-refractivity contribution in [3.63, 3.8) is 0 Å². The number of rotatable bonds is 6. The molecule has 1 heterocycles. The fourth-order valence-electron chi connectivity index (χ4n) is 2.62. The highest BCUT2D eigenvalue weighted by Crippen LogP contribution is 2.38. The van der Waals surface area contributed by atoms with E-state index in [1.807, 2.05) is 41.8 Å². The Hall–Kier alpha value is -2.50. The molecule has 3 rings (SSSR count). The van der Waals surface area contributed by atoms with E-state index < -0.39 is 18.2 Å². The van der Waals surface area contributed by atoms with Crippen molar-refractivity contribution in [1.82, 2.24) is 0 Å². The van der Waals surface area contributed by atoms with Crippen LogP contribution >= 0.6 is 11.3 Å².